The third-order valence-electron chi connectivity index (χ3n) is 2.86. The molecule has 0 saturated heterocycles. The highest BCUT2D eigenvalue weighted by Crippen LogP contribution is 2.16. The van der Waals surface area contributed by atoms with Gasteiger partial charge < -0.3 is 9.30 Å². The summed E-state index contributed by atoms with van der Waals surface area (Å²) in [5.74, 6) is 0.834. The Labute approximate surface area is 116 Å². The summed E-state index contributed by atoms with van der Waals surface area (Å²) in [6.07, 6.45) is 6.82. The Morgan fingerprint density at radius 1 is 1.10 bits per heavy atom. The highest BCUT2D eigenvalue weighted by Gasteiger charge is 2.01. The van der Waals surface area contributed by atoms with Gasteiger partial charge in [-0.05, 0) is 36.4 Å². The van der Waals surface area contributed by atoms with E-state index in [9.17, 15) is 0 Å². The molecular formula is C14H13N5O. The average Bonchev–Trinajstić information content (AvgIpc) is 3.16. The van der Waals surface area contributed by atoms with Crippen LogP contribution in [0.3, 0.4) is 0 Å². The predicted octanol–water partition coefficient (Wildman–Crippen LogP) is 1.96. The fourth-order valence-corrected chi connectivity index (χ4v) is 1.86. The van der Waals surface area contributed by atoms with Crippen LogP contribution in [0.15, 0.2) is 60.4 Å². The fourth-order valence-electron chi connectivity index (χ4n) is 1.86. The van der Waals surface area contributed by atoms with Crippen molar-refractivity contribution in [2.24, 2.45) is 5.10 Å². The van der Waals surface area contributed by atoms with Gasteiger partial charge in [-0.3, -0.25) is 0 Å². The van der Waals surface area contributed by atoms with E-state index < -0.39 is 0 Å². The third kappa shape index (κ3) is 2.44. The van der Waals surface area contributed by atoms with Crippen LogP contribution in [0.25, 0.3) is 5.69 Å². The number of hydrogen-bond donors (Lipinski definition) is 0. The summed E-state index contributed by atoms with van der Waals surface area (Å²) in [5.41, 5.74) is 2.00. The fraction of sp³-hybridized carbons (Fsp3) is 0.0714. The largest absolute Gasteiger partial charge is 0.497 e. The van der Waals surface area contributed by atoms with Crippen LogP contribution < -0.4 is 4.74 Å². The molecule has 6 nitrogen and oxygen atoms in total. The maximum Gasteiger partial charge on any atom is 0.141 e. The monoisotopic (exact) mass is 267 g/mol. The molecule has 0 radical (unpaired) electrons. The van der Waals surface area contributed by atoms with Gasteiger partial charge in [-0.1, -0.05) is 0 Å². The Hall–Kier alpha value is -2.89. The van der Waals surface area contributed by atoms with Crippen molar-refractivity contribution >= 4 is 6.21 Å². The number of hydrogen-bond acceptors (Lipinski definition) is 4. The molecule has 0 bridgehead atoms. The van der Waals surface area contributed by atoms with Gasteiger partial charge in [0.25, 0.3) is 0 Å². The lowest BCUT2D eigenvalue weighted by Gasteiger charge is -2.07. The first kappa shape index (κ1) is 12.2. The lowest BCUT2D eigenvalue weighted by molar-refractivity contribution is 0.415. The van der Waals surface area contributed by atoms with Gasteiger partial charge >= 0.3 is 0 Å². The van der Waals surface area contributed by atoms with Crippen molar-refractivity contribution in [3.63, 3.8) is 0 Å². The van der Waals surface area contributed by atoms with E-state index in [1.54, 1.807) is 18.0 Å². The minimum Gasteiger partial charge on any atom is -0.497 e. The number of benzene rings is 1. The summed E-state index contributed by atoms with van der Waals surface area (Å²) in [6, 6.07) is 11.8. The summed E-state index contributed by atoms with van der Waals surface area (Å²) in [6.45, 7) is 0. The molecule has 0 spiro atoms. The molecule has 2 aromatic heterocycles. The van der Waals surface area contributed by atoms with Crippen LogP contribution >= 0.6 is 0 Å². The van der Waals surface area contributed by atoms with Crippen molar-refractivity contribution in [2.75, 3.05) is 7.11 Å². The summed E-state index contributed by atoms with van der Waals surface area (Å²) in [7, 11) is 1.65. The van der Waals surface area contributed by atoms with E-state index in [2.05, 4.69) is 15.3 Å². The van der Waals surface area contributed by atoms with E-state index in [1.807, 2.05) is 47.2 Å². The maximum atomic E-state index is 5.16. The van der Waals surface area contributed by atoms with Crippen molar-refractivity contribution in [3.05, 3.63) is 60.9 Å². The molecule has 0 N–H and O–H groups in total. The van der Waals surface area contributed by atoms with E-state index >= 15 is 0 Å². The van der Waals surface area contributed by atoms with Crippen molar-refractivity contribution in [1.82, 2.24) is 19.4 Å². The first-order valence-corrected chi connectivity index (χ1v) is 6.07. The highest BCUT2D eigenvalue weighted by molar-refractivity contribution is 5.78. The first-order valence-electron chi connectivity index (χ1n) is 6.07. The van der Waals surface area contributed by atoms with E-state index in [-0.39, 0.29) is 0 Å². The lowest BCUT2D eigenvalue weighted by Crippen LogP contribution is -1.99. The van der Waals surface area contributed by atoms with Crippen LogP contribution in [0.1, 0.15) is 5.69 Å². The number of nitrogens with zero attached hydrogens (tertiary/aromatic N) is 5. The Balaban J connectivity index is 1.89. The van der Waals surface area contributed by atoms with Gasteiger partial charge in [-0.15, -0.1) is 10.2 Å². The normalized spacial score (nSPS) is 11.1. The molecule has 2 heterocycles. The Bertz CT molecular complexity index is 698. The minimum atomic E-state index is 0.834. The van der Waals surface area contributed by atoms with Crippen LogP contribution in [0.2, 0.25) is 0 Å². The lowest BCUT2D eigenvalue weighted by atomic mass is 10.3. The highest BCUT2D eigenvalue weighted by atomic mass is 16.5. The molecule has 0 saturated carbocycles. The van der Waals surface area contributed by atoms with Gasteiger partial charge in [-0.25, -0.2) is 4.68 Å². The first-order chi connectivity index (χ1) is 9.86. The van der Waals surface area contributed by atoms with E-state index in [1.165, 1.54) is 12.7 Å². The zero-order valence-corrected chi connectivity index (χ0v) is 10.9. The SMILES string of the molecule is COc1ccc(-n2cccc2/C=N/n2cnnc2)cc1. The molecule has 6 heteroatoms. The zero-order valence-electron chi connectivity index (χ0n) is 10.9. The number of ether oxygens (including phenoxy) is 1. The molecule has 0 unspecified atom stereocenters. The summed E-state index contributed by atoms with van der Waals surface area (Å²) >= 11 is 0. The van der Waals surface area contributed by atoms with Gasteiger partial charge in [0.05, 0.1) is 19.0 Å². The molecule has 0 aliphatic carbocycles. The molecule has 0 fully saturated rings. The molecule has 0 amide bonds. The second kappa shape index (κ2) is 5.40. The Kier molecular flexibility index (Phi) is 3.28. The third-order valence-corrected chi connectivity index (χ3v) is 2.86. The minimum absolute atomic E-state index is 0.834. The van der Waals surface area contributed by atoms with E-state index in [4.69, 9.17) is 4.74 Å². The number of methoxy groups -OCH3 is 1. The predicted molar refractivity (Wildman–Crippen MR) is 75.3 cm³/mol. The summed E-state index contributed by atoms with van der Waals surface area (Å²) in [5, 5.41) is 11.7. The van der Waals surface area contributed by atoms with Crippen molar-refractivity contribution in [1.29, 1.82) is 0 Å². The second-order valence-electron chi connectivity index (χ2n) is 4.09. The molecule has 0 aliphatic heterocycles. The molecule has 0 atom stereocenters. The smallest absolute Gasteiger partial charge is 0.141 e. The molecule has 3 rings (SSSR count). The molecule has 100 valence electrons. The van der Waals surface area contributed by atoms with E-state index in [0.717, 1.165) is 17.1 Å². The Morgan fingerprint density at radius 2 is 1.85 bits per heavy atom. The van der Waals surface area contributed by atoms with Gasteiger partial charge in [0.15, 0.2) is 0 Å². The Morgan fingerprint density at radius 3 is 2.55 bits per heavy atom. The topological polar surface area (TPSA) is 57.2 Å². The van der Waals surface area contributed by atoms with Gasteiger partial charge in [0.1, 0.15) is 18.4 Å². The van der Waals surface area contributed by atoms with Crippen molar-refractivity contribution < 1.29 is 4.74 Å². The van der Waals surface area contributed by atoms with Crippen LogP contribution in [-0.2, 0) is 0 Å². The van der Waals surface area contributed by atoms with Gasteiger partial charge in [0.2, 0.25) is 0 Å². The molecule has 1 aromatic carbocycles. The maximum absolute atomic E-state index is 5.16. The molecule has 20 heavy (non-hydrogen) atoms. The second-order valence-corrected chi connectivity index (χ2v) is 4.09. The zero-order chi connectivity index (χ0) is 13.8. The van der Waals surface area contributed by atoms with Gasteiger partial charge in [-0.2, -0.15) is 5.10 Å². The summed E-state index contributed by atoms with van der Waals surface area (Å²) < 4.78 is 8.74. The molecule has 0 aliphatic rings. The quantitative estimate of drug-likeness (QED) is 0.679. The average molecular weight is 267 g/mol. The van der Waals surface area contributed by atoms with Crippen LogP contribution in [0.4, 0.5) is 0 Å². The van der Waals surface area contributed by atoms with Crippen molar-refractivity contribution in [3.8, 4) is 11.4 Å². The van der Waals surface area contributed by atoms with Crippen LogP contribution in [0, 0.1) is 0 Å². The van der Waals surface area contributed by atoms with Crippen molar-refractivity contribution in [2.45, 2.75) is 0 Å². The van der Waals surface area contributed by atoms with Gasteiger partial charge in [0, 0.05) is 11.9 Å². The van der Waals surface area contributed by atoms with E-state index in [0.29, 0.717) is 0 Å². The molecule has 3 aromatic rings. The standard InChI is InChI=1S/C14H13N5O/c1-20-14-6-4-12(5-7-14)19-8-2-3-13(19)9-17-18-10-15-16-11-18/h2-11H,1H3/b17-9+. The number of aromatic nitrogens is 4. The van der Waals surface area contributed by atoms with Crippen LogP contribution in [0.5, 0.6) is 5.75 Å². The number of rotatable bonds is 4. The van der Waals surface area contributed by atoms with Crippen LogP contribution in [-0.4, -0.2) is 32.8 Å². The molecular weight excluding hydrogens is 254 g/mol. The summed E-state index contributed by atoms with van der Waals surface area (Å²) in [4.78, 5) is 0.